The summed E-state index contributed by atoms with van der Waals surface area (Å²) >= 11 is 5.52. The Kier molecular flexibility index (Phi) is 4.41. The molecule has 1 rings (SSSR count). The summed E-state index contributed by atoms with van der Waals surface area (Å²) < 4.78 is 4.59. The van der Waals surface area contributed by atoms with E-state index in [1.807, 2.05) is 0 Å². The van der Waals surface area contributed by atoms with Gasteiger partial charge in [0.1, 0.15) is 5.15 Å². The van der Waals surface area contributed by atoms with Crippen molar-refractivity contribution in [1.29, 1.82) is 0 Å². The Morgan fingerprint density at radius 3 is 2.65 bits per heavy atom. The first-order chi connectivity index (χ1) is 7.99. The number of nitrogens with one attached hydrogen (secondary N) is 1. The fourth-order valence-corrected chi connectivity index (χ4v) is 0.996. The Bertz CT molecular complexity index is 446. The molecule has 0 aromatic carbocycles. The first-order valence-corrected chi connectivity index (χ1v) is 4.75. The van der Waals surface area contributed by atoms with Crippen molar-refractivity contribution < 1.29 is 19.1 Å². The minimum Gasteiger partial charge on any atom is -0.452 e. The zero-order chi connectivity index (χ0) is 12.8. The highest BCUT2D eigenvalue weighted by atomic mass is 35.5. The van der Waals surface area contributed by atoms with Crippen LogP contribution in [0.3, 0.4) is 0 Å². The summed E-state index contributed by atoms with van der Waals surface area (Å²) in [5.41, 5.74) is 4.83. The quantitative estimate of drug-likeness (QED) is 0.589. The summed E-state index contributed by atoms with van der Waals surface area (Å²) in [5, 5.41) is 1.97. The molecular formula is C9H8ClN3O4. The summed E-state index contributed by atoms with van der Waals surface area (Å²) in [5.74, 6) is -1.57. The number of aromatic nitrogens is 1. The van der Waals surface area contributed by atoms with Crippen LogP contribution >= 0.6 is 11.6 Å². The Hall–Kier alpha value is -2.15. The number of rotatable bonds is 3. The van der Waals surface area contributed by atoms with Crippen molar-refractivity contribution in [3.05, 3.63) is 29.0 Å². The molecular weight excluding hydrogens is 250 g/mol. The summed E-state index contributed by atoms with van der Waals surface area (Å²) in [6.07, 6.45) is 1.21. The fourth-order valence-electron chi connectivity index (χ4n) is 0.884. The zero-order valence-corrected chi connectivity index (χ0v) is 9.23. The van der Waals surface area contributed by atoms with Crippen LogP contribution < -0.4 is 11.1 Å². The minimum atomic E-state index is -1.01. The Morgan fingerprint density at radius 2 is 2.12 bits per heavy atom. The second-order valence-electron chi connectivity index (χ2n) is 2.86. The summed E-state index contributed by atoms with van der Waals surface area (Å²) in [7, 11) is 0. The maximum atomic E-state index is 11.3. The van der Waals surface area contributed by atoms with Crippen LogP contribution in [0.1, 0.15) is 10.4 Å². The van der Waals surface area contributed by atoms with Crippen LogP contribution in [0.15, 0.2) is 18.3 Å². The van der Waals surface area contributed by atoms with Gasteiger partial charge in [-0.15, -0.1) is 0 Å². The molecule has 90 valence electrons. The monoisotopic (exact) mass is 257 g/mol. The van der Waals surface area contributed by atoms with Gasteiger partial charge in [0.05, 0.1) is 5.56 Å². The molecule has 0 aliphatic heterocycles. The molecule has 0 unspecified atom stereocenters. The van der Waals surface area contributed by atoms with Gasteiger partial charge in [0, 0.05) is 6.20 Å². The maximum Gasteiger partial charge on any atom is 0.340 e. The molecule has 1 aromatic heterocycles. The number of esters is 1. The third-order valence-electron chi connectivity index (χ3n) is 1.56. The molecule has 7 nitrogen and oxygen atoms in total. The predicted molar refractivity (Wildman–Crippen MR) is 57.3 cm³/mol. The van der Waals surface area contributed by atoms with Gasteiger partial charge in [-0.05, 0) is 12.1 Å². The third-order valence-corrected chi connectivity index (χ3v) is 1.78. The van der Waals surface area contributed by atoms with Gasteiger partial charge in [-0.1, -0.05) is 11.6 Å². The number of carbonyl (C=O) groups excluding carboxylic acids is 3. The molecule has 1 aromatic rings. The van der Waals surface area contributed by atoms with E-state index in [1.165, 1.54) is 18.3 Å². The van der Waals surface area contributed by atoms with Gasteiger partial charge in [-0.25, -0.2) is 14.6 Å². The van der Waals surface area contributed by atoms with Gasteiger partial charge in [-0.2, -0.15) is 0 Å². The number of ether oxygens (including phenoxy) is 1. The molecule has 0 fully saturated rings. The van der Waals surface area contributed by atoms with E-state index in [2.05, 4.69) is 9.72 Å². The van der Waals surface area contributed by atoms with Crippen molar-refractivity contribution in [2.75, 3.05) is 6.61 Å². The Morgan fingerprint density at radius 1 is 1.41 bits per heavy atom. The average Bonchev–Trinajstić information content (AvgIpc) is 2.26. The number of hydrogen-bond acceptors (Lipinski definition) is 5. The van der Waals surface area contributed by atoms with Gasteiger partial charge in [0.15, 0.2) is 6.61 Å². The average molecular weight is 258 g/mol. The topological polar surface area (TPSA) is 111 Å². The largest absolute Gasteiger partial charge is 0.452 e. The summed E-state index contributed by atoms with van der Waals surface area (Å²) in [6.45, 7) is -0.607. The van der Waals surface area contributed by atoms with Crippen LogP contribution in [0.25, 0.3) is 0 Å². The number of primary amides is 1. The van der Waals surface area contributed by atoms with Crippen molar-refractivity contribution in [1.82, 2.24) is 10.3 Å². The smallest absolute Gasteiger partial charge is 0.340 e. The van der Waals surface area contributed by atoms with E-state index >= 15 is 0 Å². The molecule has 3 amide bonds. The molecule has 0 bridgehead atoms. The Labute approximate surface area is 101 Å². The number of halogens is 1. The third kappa shape index (κ3) is 4.47. The molecule has 0 aliphatic carbocycles. The minimum absolute atomic E-state index is 0.140. The van der Waals surface area contributed by atoms with Crippen LogP contribution in [0.5, 0.6) is 0 Å². The van der Waals surface area contributed by atoms with Crippen LogP contribution in [0.2, 0.25) is 5.15 Å². The molecule has 0 radical (unpaired) electrons. The molecule has 0 aliphatic rings. The molecule has 0 saturated heterocycles. The van der Waals surface area contributed by atoms with Crippen molar-refractivity contribution in [3.63, 3.8) is 0 Å². The lowest BCUT2D eigenvalue weighted by Gasteiger charge is -2.03. The molecule has 0 atom stereocenters. The lowest BCUT2D eigenvalue weighted by molar-refractivity contribution is -0.123. The van der Waals surface area contributed by atoms with E-state index in [0.29, 0.717) is 0 Å². The first-order valence-electron chi connectivity index (χ1n) is 4.37. The fraction of sp³-hybridized carbons (Fsp3) is 0.111. The highest BCUT2D eigenvalue weighted by molar-refractivity contribution is 6.29. The van der Waals surface area contributed by atoms with Gasteiger partial charge in [0.25, 0.3) is 5.91 Å². The molecule has 0 saturated carbocycles. The van der Waals surface area contributed by atoms with Crippen LogP contribution in [0.4, 0.5) is 4.79 Å². The van der Waals surface area contributed by atoms with Gasteiger partial charge < -0.3 is 10.5 Å². The number of pyridine rings is 1. The van der Waals surface area contributed by atoms with E-state index in [4.69, 9.17) is 17.3 Å². The van der Waals surface area contributed by atoms with Crippen molar-refractivity contribution >= 4 is 29.5 Å². The van der Waals surface area contributed by atoms with E-state index in [-0.39, 0.29) is 10.7 Å². The normalized spacial score (nSPS) is 9.47. The second kappa shape index (κ2) is 5.80. The molecule has 3 N–H and O–H groups in total. The number of urea groups is 1. The SMILES string of the molecule is NC(=O)NC(=O)COC(=O)c1ccc(Cl)nc1. The highest BCUT2D eigenvalue weighted by Crippen LogP contribution is 2.06. The molecule has 0 spiro atoms. The number of nitrogens with two attached hydrogens (primary N) is 1. The lowest BCUT2D eigenvalue weighted by atomic mass is 10.3. The van der Waals surface area contributed by atoms with Gasteiger partial charge >= 0.3 is 12.0 Å². The van der Waals surface area contributed by atoms with E-state index in [0.717, 1.165) is 0 Å². The van der Waals surface area contributed by atoms with Crippen LogP contribution in [0, 0.1) is 0 Å². The number of hydrogen-bond donors (Lipinski definition) is 2. The van der Waals surface area contributed by atoms with Crippen molar-refractivity contribution in [3.8, 4) is 0 Å². The number of imide groups is 1. The van der Waals surface area contributed by atoms with E-state index in [1.54, 1.807) is 5.32 Å². The summed E-state index contributed by atoms with van der Waals surface area (Å²) in [4.78, 5) is 36.2. The van der Waals surface area contributed by atoms with Crippen molar-refractivity contribution in [2.45, 2.75) is 0 Å². The summed E-state index contributed by atoms with van der Waals surface area (Å²) in [6, 6.07) is 1.78. The van der Waals surface area contributed by atoms with E-state index < -0.39 is 24.5 Å². The number of amides is 3. The van der Waals surface area contributed by atoms with Crippen LogP contribution in [-0.4, -0.2) is 29.5 Å². The number of nitrogens with zero attached hydrogens (tertiary/aromatic N) is 1. The standard InChI is InChI=1S/C9H8ClN3O4/c10-6-2-1-5(3-12-6)8(15)17-4-7(14)13-9(11)16/h1-3H,4H2,(H3,11,13,14,16). The molecule has 1 heterocycles. The molecule has 8 heteroatoms. The van der Waals surface area contributed by atoms with E-state index in [9.17, 15) is 14.4 Å². The maximum absolute atomic E-state index is 11.3. The zero-order valence-electron chi connectivity index (χ0n) is 8.47. The van der Waals surface area contributed by atoms with Gasteiger partial charge in [0.2, 0.25) is 0 Å². The van der Waals surface area contributed by atoms with Gasteiger partial charge in [-0.3, -0.25) is 10.1 Å². The predicted octanol–water partition coefficient (Wildman–Crippen LogP) is 0.0867. The lowest BCUT2D eigenvalue weighted by Crippen LogP contribution is -2.37. The Balaban J connectivity index is 2.47. The van der Waals surface area contributed by atoms with Crippen molar-refractivity contribution in [2.24, 2.45) is 5.73 Å². The van der Waals surface area contributed by atoms with Crippen LogP contribution in [-0.2, 0) is 9.53 Å². The molecule has 17 heavy (non-hydrogen) atoms. The number of carbonyl (C=O) groups is 3. The first kappa shape index (κ1) is 12.9. The second-order valence-corrected chi connectivity index (χ2v) is 3.25. The highest BCUT2D eigenvalue weighted by Gasteiger charge is 2.11.